The lowest BCUT2D eigenvalue weighted by molar-refractivity contribution is -0.0180. The number of halogens is 1. The van der Waals surface area contributed by atoms with Gasteiger partial charge in [0.1, 0.15) is 18.1 Å². The van der Waals surface area contributed by atoms with Crippen molar-refractivity contribution in [3.05, 3.63) is 70.1 Å². The summed E-state index contributed by atoms with van der Waals surface area (Å²) in [6.07, 6.45) is 0. The van der Waals surface area contributed by atoms with Crippen molar-refractivity contribution in [2.75, 3.05) is 6.79 Å². The second kappa shape index (κ2) is 7.42. The number of aromatic nitrogens is 1. The van der Waals surface area contributed by atoms with Crippen LogP contribution in [0.2, 0.25) is 5.02 Å². The molecule has 7 heteroatoms. The van der Waals surface area contributed by atoms with Gasteiger partial charge >= 0.3 is 5.97 Å². The Morgan fingerprint density at radius 2 is 2.07 bits per heavy atom. The van der Waals surface area contributed by atoms with Crippen LogP contribution in [0, 0.1) is 6.92 Å². The van der Waals surface area contributed by atoms with Gasteiger partial charge in [-0.3, -0.25) is 0 Å². The first-order chi connectivity index (χ1) is 13.1. The predicted octanol–water partition coefficient (Wildman–Crippen LogP) is 4.53. The van der Waals surface area contributed by atoms with E-state index in [0.29, 0.717) is 34.6 Å². The largest absolute Gasteiger partial charge is 0.467 e. The maximum absolute atomic E-state index is 12.5. The Kier molecular flexibility index (Phi) is 4.83. The van der Waals surface area contributed by atoms with Gasteiger partial charge < -0.3 is 18.6 Å². The Labute approximate surface area is 160 Å². The summed E-state index contributed by atoms with van der Waals surface area (Å²) >= 11 is 6.13. The lowest BCUT2D eigenvalue weighted by Gasteiger charge is -2.20. The van der Waals surface area contributed by atoms with Crippen molar-refractivity contribution in [2.24, 2.45) is 0 Å². The number of benzene rings is 2. The number of ether oxygens (including phenoxy) is 3. The number of nitrogens with zero attached hydrogens (tertiary/aromatic N) is 1. The molecule has 0 saturated heterocycles. The van der Waals surface area contributed by atoms with E-state index in [1.165, 1.54) is 0 Å². The molecule has 0 fully saturated rings. The molecule has 0 aliphatic carbocycles. The molecule has 1 aromatic heterocycles. The van der Waals surface area contributed by atoms with Crippen molar-refractivity contribution >= 4 is 17.6 Å². The maximum atomic E-state index is 12.5. The van der Waals surface area contributed by atoms with Gasteiger partial charge in [0.25, 0.3) is 0 Å². The van der Waals surface area contributed by atoms with Gasteiger partial charge in [0.2, 0.25) is 5.89 Å². The molecular weight excluding hydrogens is 370 g/mol. The number of fused-ring (bicyclic) bond motifs is 1. The third kappa shape index (κ3) is 3.67. The molecule has 0 bridgehead atoms. The van der Waals surface area contributed by atoms with Gasteiger partial charge in [-0.1, -0.05) is 29.8 Å². The van der Waals surface area contributed by atoms with E-state index in [0.717, 1.165) is 11.1 Å². The number of carbonyl (C=O) groups excluding carboxylic acids is 1. The third-order valence-electron chi connectivity index (χ3n) is 4.12. The number of esters is 1. The molecule has 3 aromatic rings. The molecule has 1 aliphatic rings. The van der Waals surface area contributed by atoms with Crippen LogP contribution >= 0.6 is 11.6 Å². The summed E-state index contributed by atoms with van der Waals surface area (Å²) < 4.78 is 21.8. The molecule has 0 saturated carbocycles. The normalized spacial score (nSPS) is 13.0. The Morgan fingerprint density at radius 3 is 2.89 bits per heavy atom. The Bertz CT molecular complexity index is 984. The zero-order chi connectivity index (χ0) is 18.8. The highest BCUT2D eigenvalue weighted by Crippen LogP contribution is 2.32. The van der Waals surface area contributed by atoms with E-state index < -0.39 is 5.97 Å². The predicted molar refractivity (Wildman–Crippen MR) is 97.5 cm³/mol. The number of carbonyl (C=O) groups is 1. The quantitative estimate of drug-likeness (QED) is 0.614. The van der Waals surface area contributed by atoms with Crippen LogP contribution in [0.5, 0.6) is 5.75 Å². The van der Waals surface area contributed by atoms with Crippen molar-refractivity contribution in [1.82, 2.24) is 4.98 Å². The van der Waals surface area contributed by atoms with Gasteiger partial charge in [-0.2, -0.15) is 0 Å². The highest BCUT2D eigenvalue weighted by atomic mass is 35.5. The molecule has 0 atom stereocenters. The molecule has 2 aromatic carbocycles. The lowest BCUT2D eigenvalue weighted by atomic mass is 10.1. The summed E-state index contributed by atoms with van der Waals surface area (Å²) in [7, 11) is 0. The third-order valence-corrected chi connectivity index (χ3v) is 4.34. The summed E-state index contributed by atoms with van der Waals surface area (Å²) in [4.78, 5) is 16.8. The van der Waals surface area contributed by atoms with E-state index in [-0.39, 0.29) is 19.1 Å². The molecule has 1 aliphatic heterocycles. The van der Waals surface area contributed by atoms with Gasteiger partial charge in [0.05, 0.1) is 6.61 Å². The SMILES string of the molecule is Cc1oc(-c2ccccc2)nc1C(=O)OCc1cc(Cl)cc2c1OCOC2. The first-order valence-corrected chi connectivity index (χ1v) is 8.71. The molecule has 138 valence electrons. The van der Waals surface area contributed by atoms with Crippen molar-refractivity contribution in [1.29, 1.82) is 0 Å². The van der Waals surface area contributed by atoms with Crippen molar-refractivity contribution in [2.45, 2.75) is 20.1 Å². The lowest BCUT2D eigenvalue weighted by Crippen LogP contribution is -2.14. The van der Waals surface area contributed by atoms with Gasteiger partial charge in [-0.25, -0.2) is 9.78 Å². The summed E-state index contributed by atoms with van der Waals surface area (Å²) in [5.74, 6) is 0.844. The molecular formula is C20H16ClNO5. The minimum Gasteiger partial charge on any atom is -0.467 e. The van der Waals surface area contributed by atoms with Gasteiger partial charge in [0, 0.05) is 21.7 Å². The number of hydrogen-bond acceptors (Lipinski definition) is 6. The molecule has 0 N–H and O–H groups in total. The van der Waals surface area contributed by atoms with Gasteiger partial charge in [-0.05, 0) is 31.2 Å². The van der Waals surface area contributed by atoms with Crippen LogP contribution in [-0.4, -0.2) is 17.7 Å². The van der Waals surface area contributed by atoms with Crippen LogP contribution in [0.1, 0.15) is 27.4 Å². The highest BCUT2D eigenvalue weighted by molar-refractivity contribution is 6.30. The molecule has 6 nitrogen and oxygen atoms in total. The highest BCUT2D eigenvalue weighted by Gasteiger charge is 2.22. The fourth-order valence-electron chi connectivity index (χ4n) is 2.87. The van der Waals surface area contributed by atoms with E-state index in [4.69, 9.17) is 30.2 Å². The van der Waals surface area contributed by atoms with E-state index in [2.05, 4.69) is 4.98 Å². The minimum atomic E-state index is -0.570. The number of aryl methyl sites for hydroxylation is 1. The zero-order valence-corrected chi connectivity index (χ0v) is 15.3. The fraction of sp³-hybridized carbons (Fsp3) is 0.200. The molecule has 4 rings (SSSR count). The average molecular weight is 386 g/mol. The fourth-order valence-corrected chi connectivity index (χ4v) is 3.13. The topological polar surface area (TPSA) is 70.8 Å². The Hall–Kier alpha value is -2.83. The Balaban J connectivity index is 1.53. The van der Waals surface area contributed by atoms with E-state index >= 15 is 0 Å². The average Bonchev–Trinajstić information content (AvgIpc) is 3.08. The summed E-state index contributed by atoms with van der Waals surface area (Å²) in [5, 5.41) is 0.526. The minimum absolute atomic E-state index is 0.00863. The number of hydrogen-bond donors (Lipinski definition) is 0. The second-order valence-corrected chi connectivity index (χ2v) is 6.47. The van der Waals surface area contributed by atoms with Crippen LogP contribution in [0.4, 0.5) is 0 Å². The smallest absolute Gasteiger partial charge is 0.360 e. The number of rotatable bonds is 4. The monoisotopic (exact) mass is 385 g/mol. The maximum Gasteiger partial charge on any atom is 0.360 e. The zero-order valence-electron chi connectivity index (χ0n) is 14.5. The second-order valence-electron chi connectivity index (χ2n) is 6.03. The van der Waals surface area contributed by atoms with Crippen LogP contribution in [0.15, 0.2) is 46.9 Å². The molecule has 27 heavy (non-hydrogen) atoms. The van der Waals surface area contributed by atoms with Gasteiger partial charge in [0.15, 0.2) is 12.5 Å². The van der Waals surface area contributed by atoms with Crippen LogP contribution < -0.4 is 4.74 Å². The standard InChI is InChI=1S/C20H16ClNO5/c1-12-17(22-19(27-12)13-5-3-2-4-6-13)20(23)25-10-15-8-16(21)7-14-9-24-11-26-18(14)15/h2-8H,9-11H2,1H3. The van der Waals surface area contributed by atoms with E-state index in [9.17, 15) is 4.79 Å². The summed E-state index contributed by atoms with van der Waals surface area (Å²) in [6.45, 7) is 2.24. The number of oxazole rings is 1. The van der Waals surface area contributed by atoms with E-state index in [1.54, 1.807) is 19.1 Å². The van der Waals surface area contributed by atoms with Crippen molar-refractivity contribution in [3.8, 4) is 17.2 Å². The van der Waals surface area contributed by atoms with Gasteiger partial charge in [-0.15, -0.1) is 0 Å². The molecule has 0 amide bonds. The van der Waals surface area contributed by atoms with Crippen molar-refractivity contribution in [3.63, 3.8) is 0 Å². The van der Waals surface area contributed by atoms with Crippen LogP contribution in [-0.2, 0) is 22.7 Å². The molecule has 2 heterocycles. The van der Waals surface area contributed by atoms with E-state index in [1.807, 2.05) is 30.3 Å². The van der Waals surface area contributed by atoms with Crippen molar-refractivity contribution < 1.29 is 23.4 Å². The van der Waals surface area contributed by atoms with Crippen LogP contribution in [0.3, 0.4) is 0 Å². The molecule has 0 unspecified atom stereocenters. The summed E-state index contributed by atoms with van der Waals surface area (Å²) in [5.41, 5.74) is 2.44. The molecule has 0 radical (unpaired) electrons. The molecule has 0 spiro atoms. The van der Waals surface area contributed by atoms with Crippen LogP contribution in [0.25, 0.3) is 11.5 Å². The first-order valence-electron chi connectivity index (χ1n) is 8.33. The Morgan fingerprint density at radius 1 is 1.26 bits per heavy atom. The summed E-state index contributed by atoms with van der Waals surface area (Å²) in [6, 6.07) is 12.8. The first kappa shape index (κ1) is 17.6.